The van der Waals surface area contributed by atoms with Crippen LogP contribution in [0.1, 0.15) is 20.3 Å². The Kier molecular flexibility index (Phi) is 5.83. The average molecular weight is 336 g/mol. The maximum atomic E-state index is 12.1. The van der Waals surface area contributed by atoms with Crippen LogP contribution in [0.4, 0.5) is 0 Å². The molecule has 1 atom stereocenters. The summed E-state index contributed by atoms with van der Waals surface area (Å²) < 4.78 is 16.0. The lowest BCUT2D eigenvalue weighted by Gasteiger charge is -2.13. The smallest absolute Gasteiger partial charge is 0.383 e. The van der Waals surface area contributed by atoms with Crippen LogP contribution in [0.2, 0.25) is 0 Å². The van der Waals surface area contributed by atoms with Crippen molar-refractivity contribution in [3.63, 3.8) is 0 Å². The molecule has 1 aromatic carbocycles. The van der Waals surface area contributed by atoms with Gasteiger partial charge in [-0.1, -0.05) is 13.0 Å². The van der Waals surface area contributed by atoms with Gasteiger partial charge in [-0.25, -0.2) is 4.79 Å². The molecule has 24 heavy (non-hydrogen) atoms. The summed E-state index contributed by atoms with van der Waals surface area (Å²) >= 11 is 0. The molecule has 0 bridgehead atoms. The Bertz CT molecular complexity index is 791. The number of aliphatic hydroxyl groups is 2. The second kappa shape index (κ2) is 7.85. The molecule has 0 aliphatic heterocycles. The summed E-state index contributed by atoms with van der Waals surface area (Å²) in [7, 11) is 0. The molecule has 1 heterocycles. The average Bonchev–Trinajstić information content (AvgIpc) is 2.60. The number of aromatic hydroxyl groups is 1. The standard InChI is InChI=1S/C17H20O7/c1-3-11(4-2)23-16-14(20)12-6-5-7-13(15(12)24-17(16)21)22-9-10(19)8-18/h3,5-7,10,18-20H,4,8-9H2,1-2H3. The van der Waals surface area contributed by atoms with Crippen molar-refractivity contribution in [3.8, 4) is 17.2 Å². The largest absolute Gasteiger partial charge is 0.504 e. The SMILES string of the molecule is CC=C(CC)Oc1c(O)c2cccc(OCC(O)CO)c2oc1=O. The van der Waals surface area contributed by atoms with E-state index in [2.05, 4.69) is 0 Å². The number of benzene rings is 1. The van der Waals surface area contributed by atoms with Crippen LogP contribution in [0.25, 0.3) is 11.0 Å². The van der Waals surface area contributed by atoms with Crippen molar-refractivity contribution in [1.29, 1.82) is 0 Å². The third-order valence-electron chi connectivity index (χ3n) is 3.37. The first-order chi connectivity index (χ1) is 11.5. The van der Waals surface area contributed by atoms with E-state index in [1.54, 1.807) is 25.1 Å². The number of fused-ring (bicyclic) bond motifs is 1. The normalized spacial score (nSPS) is 13.1. The second-order valence-electron chi connectivity index (χ2n) is 5.06. The second-order valence-corrected chi connectivity index (χ2v) is 5.06. The van der Waals surface area contributed by atoms with Crippen LogP contribution in [-0.4, -0.2) is 34.6 Å². The van der Waals surface area contributed by atoms with Crippen molar-refractivity contribution in [1.82, 2.24) is 0 Å². The van der Waals surface area contributed by atoms with Gasteiger partial charge in [0.25, 0.3) is 5.75 Å². The molecule has 2 rings (SSSR count). The summed E-state index contributed by atoms with van der Waals surface area (Å²) in [6.45, 7) is 2.97. The molecule has 0 fully saturated rings. The van der Waals surface area contributed by atoms with Crippen LogP contribution in [0.3, 0.4) is 0 Å². The lowest BCUT2D eigenvalue weighted by atomic mass is 10.2. The van der Waals surface area contributed by atoms with Gasteiger partial charge in [0.1, 0.15) is 18.5 Å². The molecule has 130 valence electrons. The third-order valence-corrected chi connectivity index (χ3v) is 3.37. The minimum atomic E-state index is -1.06. The van der Waals surface area contributed by atoms with Crippen LogP contribution in [-0.2, 0) is 0 Å². The van der Waals surface area contributed by atoms with Crippen LogP contribution < -0.4 is 15.1 Å². The van der Waals surface area contributed by atoms with Gasteiger partial charge in [0.05, 0.1) is 12.0 Å². The zero-order chi connectivity index (χ0) is 17.7. The van der Waals surface area contributed by atoms with Crippen LogP contribution >= 0.6 is 0 Å². The molecule has 0 saturated heterocycles. The highest BCUT2D eigenvalue weighted by molar-refractivity contribution is 5.89. The Morgan fingerprint density at radius 3 is 2.79 bits per heavy atom. The molecule has 3 N–H and O–H groups in total. The lowest BCUT2D eigenvalue weighted by molar-refractivity contribution is 0.0537. The number of rotatable bonds is 7. The fourth-order valence-corrected chi connectivity index (χ4v) is 2.07. The van der Waals surface area contributed by atoms with E-state index in [4.69, 9.17) is 19.0 Å². The number of hydrogen-bond acceptors (Lipinski definition) is 7. The highest BCUT2D eigenvalue weighted by Crippen LogP contribution is 2.36. The Labute approximate surface area is 138 Å². The molecular weight excluding hydrogens is 316 g/mol. The van der Waals surface area contributed by atoms with Gasteiger partial charge in [-0.05, 0) is 25.1 Å². The van der Waals surface area contributed by atoms with Gasteiger partial charge < -0.3 is 29.2 Å². The molecule has 0 spiro atoms. The molecule has 7 heteroatoms. The number of para-hydroxylation sites is 1. The molecule has 0 aliphatic rings. The summed E-state index contributed by atoms with van der Waals surface area (Å²) in [6, 6.07) is 4.68. The van der Waals surface area contributed by atoms with Gasteiger partial charge >= 0.3 is 5.63 Å². The van der Waals surface area contributed by atoms with E-state index < -0.39 is 18.3 Å². The fraction of sp³-hybridized carbons (Fsp3) is 0.353. The number of allylic oxidation sites excluding steroid dienone is 2. The van der Waals surface area contributed by atoms with Crippen molar-refractivity contribution in [3.05, 3.63) is 40.5 Å². The fourth-order valence-electron chi connectivity index (χ4n) is 2.07. The van der Waals surface area contributed by atoms with E-state index in [1.807, 2.05) is 6.92 Å². The summed E-state index contributed by atoms with van der Waals surface area (Å²) in [5, 5.41) is 28.8. The zero-order valence-corrected chi connectivity index (χ0v) is 13.5. The Balaban J connectivity index is 2.48. The van der Waals surface area contributed by atoms with E-state index in [9.17, 15) is 15.0 Å². The molecule has 0 amide bonds. The van der Waals surface area contributed by atoms with E-state index in [0.717, 1.165) is 0 Å². The summed E-state index contributed by atoms with van der Waals surface area (Å²) in [4.78, 5) is 12.1. The molecule has 0 saturated carbocycles. The molecular formula is C17H20O7. The topological polar surface area (TPSA) is 109 Å². The van der Waals surface area contributed by atoms with Gasteiger partial charge in [-0.15, -0.1) is 0 Å². The van der Waals surface area contributed by atoms with Gasteiger partial charge in [-0.3, -0.25) is 0 Å². The predicted octanol–water partition coefficient (Wildman–Crippen LogP) is 1.92. The van der Waals surface area contributed by atoms with Gasteiger partial charge in [0.15, 0.2) is 17.1 Å². The van der Waals surface area contributed by atoms with Crippen LogP contribution in [0.15, 0.2) is 39.2 Å². The molecule has 1 aromatic heterocycles. The minimum absolute atomic E-state index is 0.0380. The van der Waals surface area contributed by atoms with E-state index >= 15 is 0 Å². The van der Waals surface area contributed by atoms with E-state index in [1.165, 1.54) is 6.07 Å². The van der Waals surface area contributed by atoms with E-state index in [-0.39, 0.29) is 34.8 Å². The zero-order valence-electron chi connectivity index (χ0n) is 13.5. The molecule has 2 aromatic rings. The molecule has 0 radical (unpaired) electrons. The van der Waals surface area contributed by atoms with Crippen molar-refractivity contribution < 1.29 is 29.2 Å². The van der Waals surface area contributed by atoms with Crippen molar-refractivity contribution in [2.24, 2.45) is 0 Å². The maximum Gasteiger partial charge on any atom is 0.383 e. The quantitative estimate of drug-likeness (QED) is 0.523. The number of hydrogen-bond donors (Lipinski definition) is 3. The van der Waals surface area contributed by atoms with Crippen LogP contribution in [0, 0.1) is 0 Å². The molecule has 0 aliphatic carbocycles. The highest BCUT2D eigenvalue weighted by Gasteiger charge is 2.19. The first-order valence-electron chi connectivity index (χ1n) is 7.55. The Hall–Kier alpha value is -2.51. The van der Waals surface area contributed by atoms with E-state index in [0.29, 0.717) is 12.2 Å². The molecule has 7 nitrogen and oxygen atoms in total. The minimum Gasteiger partial charge on any atom is -0.504 e. The van der Waals surface area contributed by atoms with Crippen molar-refractivity contribution in [2.75, 3.05) is 13.2 Å². The van der Waals surface area contributed by atoms with Crippen molar-refractivity contribution >= 4 is 11.0 Å². The van der Waals surface area contributed by atoms with Gasteiger partial charge in [-0.2, -0.15) is 0 Å². The summed E-state index contributed by atoms with van der Waals surface area (Å²) in [5.41, 5.74) is -0.803. The third kappa shape index (κ3) is 3.69. The van der Waals surface area contributed by atoms with Crippen molar-refractivity contribution in [2.45, 2.75) is 26.4 Å². The monoisotopic (exact) mass is 336 g/mol. The maximum absolute atomic E-state index is 12.1. The van der Waals surface area contributed by atoms with Crippen LogP contribution in [0.5, 0.6) is 17.2 Å². The van der Waals surface area contributed by atoms with Gasteiger partial charge in [0, 0.05) is 6.42 Å². The first kappa shape index (κ1) is 17.8. The highest BCUT2D eigenvalue weighted by atomic mass is 16.5. The summed E-state index contributed by atoms with van der Waals surface area (Å²) in [5.74, 6) is 0.0586. The van der Waals surface area contributed by atoms with Gasteiger partial charge in [0.2, 0.25) is 0 Å². The Morgan fingerprint density at radius 2 is 2.17 bits per heavy atom. The predicted molar refractivity (Wildman–Crippen MR) is 87.4 cm³/mol. The summed E-state index contributed by atoms with van der Waals surface area (Å²) in [6.07, 6.45) is 1.18. The Morgan fingerprint density at radius 1 is 1.42 bits per heavy atom. The lowest BCUT2D eigenvalue weighted by Crippen LogP contribution is -2.21. The first-order valence-corrected chi connectivity index (χ1v) is 7.55. The number of aliphatic hydroxyl groups excluding tert-OH is 2. The molecule has 1 unspecified atom stereocenters. The number of ether oxygens (including phenoxy) is 2.